The highest BCUT2D eigenvalue weighted by Gasteiger charge is 2.19. The first-order valence-corrected chi connectivity index (χ1v) is 7.82. The van der Waals surface area contributed by atoms with E-state index in [0.29, 0.717) is 5.69 Å². The lowest BCUT2D eigenvalue weighted by Crippen LogP contribution is -2.27. The van der Waals surface area contributed by atoms with Crippen LogP contribution in [0, 0.1) is 10.1 Å². The van der Waals surface area contributed by atoms with E-state index in [1.165, 1.54) is 32.2 Å². The van der Waals surface area contributed by atoms with E-state index in [9.17, 15) is 19.7 Å². The highest BCUT2D eigenvalue weighted by atomic mass is 16.6. The first kappa shape index (κ1) is 18.9. The third-order valence-corrected chi connectivity index (χ3v) is 3.69. The second-order valence-corrected chi connectivity index (χ2v) is 5.64. The summed E-state index contributed by atoms with van der Waals surface area (Å²) in [5.74, 6) is -0.449. The number of nitro groups is 1. The molecule has 1 atom stereocenters. The zero-order valence-corrected chi connectivity index (χ0v) is 14.6. The quantitative estimate of drug-likeness (QED) is 0.610. The van der Waals surface area contributed by atoms with Crippen LogP contribution in [-0.2, 0) is 4.79 Å². The molecular weight excluding hydrogens is 338 g/mol. The highest BCUT2D eigenvalue weighted by molar-refractivity contribution is 5.98. The fourth-order valence-corrected chi connectivity index (χ4v) is 2.43. The Morgan fingerprint density at radius 3 is 2.54 bits per heavy atom. The Morgan fingerprint density at radius 1 is 1.19 bits per heavy atom. The van der Waals surface area contributed by atoms with E-state index < -0.39 is 10.8 Å². The number of amides is 2. The molecule has 0 aliphatic carbocycles. The molecule has 0 fully saturated rings. The minimum Gasteiger partial charge on any atom is -0.496 e. The van der Waals surface area contributed by atoms with Crippen molar-refractivity contribution in [1.82, 2.24) is 5.32 Å². The lowest BCUT2D eigenvalue weighted by atomic mass is 10.1. The Balaban J connectivity index is 2.23. The van der Waals surface area contributed by atoms with Crippen molar-refractivity contribution in [3.05, 3.63) is 63.7 Å². The minimum atomic E-state index is -0.573. The van der Waals surface area contributed by atoms with Gasteiger partial charge < -0.3 is 15.4 Å². The third-order valence-electron chi connectivity index (χ3n) is 3.69. The van der Waals surface area contributed by atoms with Crippen LogP contribution in [0.4, 0.5) is 11.4 Å². The van der Waals surface area contributed by atoms with Crippen LogP contribution in [0.1, 0.15) is 35.8 Å². The van der Waals surface area contributed by atoms with E-state index in [-0.39, 0.29) is 28.9 Å². The van der Waals surface area contributed by atoms with Crippen molar-refractivity contribution in [3.63, 3.8) is 0 Å². The van der Waals surface area contributed by atoms with Crippen LogP contribution in [0.5, 0.6) is 5.75 Å². The first-order valence-electron chi connectivity index (χ1n) is 7.82. The van der Waals surface area contributed by atoms with Crippen LogP contribution < -0.4 is 15.4 Å². The Morgan fingerprint density at radius 2 is 1.92 bits per heavy atom. The number of hydrogen-bond donors (Lipinski definition) is 2. The van der Waals surface area contributed by atoms with Crippen LogP contribution in [0.25, 0.3) is 0 Å². The monoisotopic (exact) mass is 357 g/mol. The SMILES string of the molecule is COc1ccc([N+](=O)[O-])cc1C(=O)NC(C)c1cccc(NC(C)=O)c1. The fraction of sp³-hybridized carbons (Fsp3) is 0.222. The summed E-state index contributed by atoms with van der Waals surface area (Å²) in [4.78, 5) is 34.1. The Bertz CT molecular complexity index is 850. The van der Waals surface area contributed by atoms with Crippen molar-refractivity contribution in [1.29, 1.82) is 0 Å². The number of hydrogen-bond acceptors (Lipinski definition) is 5. The van der Waals surface area contributed by atoms with Gasteiger partial charge in [-0.25, -0.2) is 0 Å². The molecule has 26 heavy (non-hydrogen) atoms. The lowest BCUT2D eigenvalue weighted by molar-refractivity contribution is -0.384. The van der Waals surface area contributed by atoms with Gasteiger partial charge in [-0.1, -0.05) is 12.1 Å². The van der Waals surface area contributed by atoms with Crippen molar-refractivity contribution in [2.24, 2.45) is 0 Å². The molecule has 0 aromatic heterocycles. The Hall–Kier alpha value is -3.42. The van der Waals surface area contributed by atoms with Crippen LogP contribution in [0.2, 0.25) is 0 Å². The molecule has 0 bridgehead atoms. The molecule has 0 radical (unpaired) electrons. The number of benzene rings is 2. The first-order chi connectivity index (χ1) is 12.3. The summed E-state index contributed by atoms with van der Waals surface area (Å²) in [6.45, 7) is 3.18. The number of rotatable bonds is 6. The van der Waals surface area contributed by atoms with E-state index in [1.54, 1.807) is 31.2 Å². The largest absolute Gasteiger partial charge is 0.496 e. The van der Waals surface area contributed by atoms with Crippen molar-refractivity contribution in [3.8, 4) is 5.75 Å². The lowest BCUT2D eigenvalue weighted by Gasteiger charge is -2.16. The highest BCUT2D eigenvalue weighted by Crippen LogP contribution is 2.25. The number of nitro benzene ring substituents is 1. The molecule has 136 valence electrons. The smallest absolute Gasteiger partial charge is 0.270 e. The Labute approximate surface area is 150 Å². The normalized spacial score (nSPS) is 11.3. The number of methoxy groups -OCH3 is 1. The van der Waals surface area contributed by atoms with Crippen LogP contribution >= 0.6 is 0 Å². The maximum Gasteiger partial charge on any atom is 0.270 e. The molecule has 2 rings (SSSR count). The number of nitrogens with zero attached hydrogens (tertiary/aromatic N) is 1. The zero-order chi connectivity index (χ0) is 19.3. The molecule has 8 heteroatoms. The van der Waals surface area contributed by atoms with Gasteiger partial charge in [0.2, 0.25) is 5.91 Å². The predicted octanol–water partition coefficient (Wildman–Crippen LogP) is 3.05. The summed E-state index contributed by atoms with van der Waals surface area (Å²) in [6.07, 6.45) is 0. The number of nitrogens with one attached hydrogen (secondary N) is 2. The molecular formula is C18H19N3O5. The fourth-order valence-electron chi connectivity index (χ4n) is 2.43. The molecule has 2 aromatic rings. The second kappa shape index (κ2) is 8.11. The van der Waals surface area contributed by atoms with Crippen molar-refractivity contribution in [2.75, 3.05) is 12.4 Å². The van der Waals surface area contributed by atoms with Gasteiger partial charge in [-0.05, 0) is 30.7 Å². The summed E-state index contributed by atoms with van der Waals surface area (Å²) in [5, 5.41) is 16.4. The zero-order valence-electron chi connectivity index (χ0n) is 14.6. The summed E-state index contributed by atoms with van der Waals surface area (Å²) in [5.41, 5.74) is 1.26. The van der Waals surface area contributed by atoms with Gasteiger partial charge in [0.15, 0.2) is 0 Å². The van der Waals surface area contributed by atoms with E-state index in [4.69, 9.17) is 4.74 Å². The second-order valence-electron chi connectivity index (χ2n) is 5.64. The van der Waals surface area contributed by atoms with Gasteiger partial charge in [0.25, 0.3) is 11.6 Å². The summed E-state index contributed by atoms with van der Waals surface area (Å²) < 4.78 is 5.12. The standard InChI is InChI=1S/C18H19N3O5/c1-11(13-5-4-6-14(9-13)20-12(2)22)19-18(23)16-10-15(21(24)25)7-8-17(16)26-3/h4-11H,1-3H3,(H,19,23)(H,20,22). The molecule has 0 aliphatic heterocycles. The van der Waals surface area contributed by atoms with Crippen LogP contribution in [-0.4, -0.2) is 23.8 Å². The van der Waals surface area contributed by atoms with Gasteiger partial charge in [-0.3, -0.25) is 19.7 Å². The molecule has 0 aliphatic rings. The number of non-ortho nitro benzene ring substituents is 1. The number of ether oxygens (including phenoxy) is 1. The van der Waals surface area contributed by atoms with Gasteiger partial charge in [0.1, 0.15) is 5.75 Å². The van der Waals surface area contributed by atoms with Gasteiger partial charge in [0.05, 0.1) is 23.6 Å². The van der Waals surface area contributed by atoms with Crippen molar-refractivity contribution in [2.45, 2.75) is 19.9 Å². The average Bonchev–Trinajstić information content (AvgIpc) is 2.60. The molecule has 0 spiro atoms. The number of anilines is 1. The van der Waals surface area contributed by atoms with Gasteiger partial charge in [-0.2, -0.15) is 0 Å². The minimum absolute atomic E-state index is 0.0755. The van der Waals surface area contributed by atoms with E-state index in [2.05, 4.69) is 10.6 Å². The molecule has 0 saturated carbocycles. The van der Waals surface area contributed by atoms with E-state index in [0.717, 1.165) is 5.56 Å². The summed E-state index contributed by atoms with van der Waals surface area (Å²) >= 11 is 0. The van der Waals surface area contributed by atoms with Gasteiger partial charge in [-0.15, -0.1) is 0 Å². The van der Waals surface area contributed by atoms with E-state index in [1.807, 2.05) is 0 Å². The topological polar surface area (TPSA) is 111 Å². The predicted molar refractivity (Wildman–Crippen MR) is 96.3 cm³/mol. The Kier molecular flexibility index (Phi) is 5.90. The number of carbonyl (C=O) groups is 2. The molecule has 2 N–H and O–H groups in total. The van der Waals surface area contributed by atoms with Gasteiger partial charge >= 0.3 is 0 Å². The molecule has 0 heterocycles. The molecule has 2 aromatic carbocycles. The van der Waals surface area contributed by atoms with Crippen LogP contribution in [0.15, 0.2) is 42.5 Å². The maximum atomic E-state index is 12.6. The number of carbonyl (C=O) groups excluding carboxylic acids is 2. The van der Waals surface area contributed by atoms with E-state index >= 15 is 0 Å². The maximum absolute atomic E-state index is 12.6. The van der Waals surface area contributed by atoms with Crippen molar-refractivity contribution < 1.29 is 19.2 Å². The van der Waals surface area contributed by atoms with Crippen LogP contribution in [0.3, 0.4) is 0 Å². The van der Waals surface area contributed by atoms with Gasteiger partial charge in [0, 0.05) is 24.7 Å². The molecule has 8 nitrogen and oxygen atoms in total. The molecule has 0 saturated heterocycles. The molecule has 1 unspecified atom stereocenters. The molecule has 2 amide bonds. The van der Waals surface area contributed by atoms with Crippen molar-refractivity contribution >= 4 is 23.2 Å². The third kappa shape index (κ3) is 4.56. The summed E-state index contributed by atoms with van der Waals surface area (Å²) in [6, 6.07) is 10.5. The summed E-state index contributed by atoms with van der Waals surface area (Å²) in [7, 11) is 1.39. The average molecular weight is 357 g/mol.